The molecule has 110 valence electrons. The van der Waals surface area contributed by atoms with Crippen LogP contribution in [0.1, 0.15) is 16.6 Å². The summed E-state index contributed by atoms with van der Waals surface area (Å²) in [5.41, 5.74) is 6.23. The molecule has 0 fully saturated rings. The van der Waals surface area contributed by atoms with E-state index in [9.17, 15) is 14.9 Å². The summed E-state index contributed by atoms with van der Waals surface area (Å²) in [7, 11) is 0. The van der Waals surface area contributed by atoms with Crippen molar-refractivity contribution in [1.82, 2.24) is 0 Å². The van der Waals surface area contributed by atoms with Crippen LogP contribution in [0.2, 0.25) is 5.02 Å². The van der Waals surface area contributed by atoms with E-state index in [1.165, 1.54) is 18.2 Å². The number of nitrogen functional groups attached to an aromatic ring is 1. The quantitative estimate of drug-likeness (QED) is 0.524. The highest BCUT2D eigenvalue weighted by Crippen LogP contribution is 2.39. The number of ether oxygens (including phenoxy) is 1. The van der Waals surface area contributed by atoms with Crippen molar-refractivity contribution in [1.29, 1.82) is 0 Å². The van der Waals surface area contributed by atoms with Crippen LogP contribution in [0.5, 0.6) is 0 Å². The van der Waals surface area contributed by atoms with Crippen molar-refractivity contribution >= 4 is 40.3 Å². The molecule has 0 aliphatic rings. The number of nitrogens with two attached hydrogens (primary N) is 1. The summed E-state index contributed by atoms with van der Waals surface area (Å²) in [6.45, 7) is 1.92. The third kappa shape index (κ3) is 3.14. The number of hydrogen-bond donors (Lipinski definition) is 1. The largest absolute Gasteiger partial charge is 0.462 e. The standard InChI is InChI=1S/C13H11ClN2O4S/c1-2-20-13(17)12-9(15)6-11(21-12)8-4-3-7(14)5-10(8)16(18)19/h3-6H,2,15H2,1H3. The molecule has 6 nitrogen and oxygen atoms in total. The van der Waals surface area contributed by atoms with Gasteiger partial charge in [-0.2, -0.15) is 0 Å². The molecule has 0 aliphatic carbocycles. The molecule has 0 amide bonds. The van der Waals surface area contributed by atoms with Crippen molar-refractivity contribution < 1.29 is 14.5 Å². The number of halogens is 1. The Morgan fingerprint density at radius 2 is 2.19 bits per heavy atom. The molecule has 21 heavy (non-hydrogen) atoms. The Balaban J connectivity index is 2.51. The van der Waals surface area contributed by atoms with E-state index < -0.39 is 10.9 Å². The van der Waals surface area contributed by atoms with Crippen molar-refractivity contribution in [3.8, 4) is 10.4 Å². The summed E-state index contributed by atoms with van der Waals surface area (Å²) in [5, 5.41) is 11.4. The molecule has 0 bridgehead atoms. The highest BCUT2D eigenvalue weighted by molar-refractivity contribution is 7.18. The van der Waals surface area contributed by atoms with Gasteiger partial charge in [0.25, 0.3) is 5.69 Å². The first-order valence-corrected chi connectivity index (χ1v) is 7.14. The average Bonchev–Trinajstić information content (AvgIpc) is 2.80. The van der Waals surface area contributed by atoms with Crippen LogP contribution in [0, 0.1) is 10.1 Å². The average molecular weight is 327 g/mol. The van der Waals surface area contributed by atoms with Crippen LogP contribution in [-0.2, 0) is 4.74 Å². The molecule has 2 rings (SSSR count). The number of nitro benzene ring substituents is 1. The van der Waals surface area contributed by atoms with E-state index in [0.29, 0.717) is 10.4 Å². The number of anilines is 1. The monoisotopic (exact) mass is 326 g/mol. The van der Waals surface area contributed by atoms with Gasteiger partial charge in [-0.1, -0.05) is 11.6 Å². The lowest BCUT2D eigenvalue weighted by Crippen LogP contribution is -2.04. The lowest BCUT2D eigenvalue weighted by molar-refractivity contribution is -0.384. The fourth-order valence-electron chi connectivity index (χ4n) is 1.76. The number of rotatable bonds is 4. The number of thiophene rings is 1. The van der Waals surface area contributed by atoms with E-state index >= 15 is 0 Å². The zero-order valence-corrected chi connectivity index (χ0v) is 12.5. The molecule has 0 saturated carbocycles. The van der Waals surface area contributed by atoms with Gasteiger partial charge in [0.1, 0.15) is 4.88 Å². The molecular weight excluding hydrogens is 316 g/mol. The van der Waals surface area contributed by atoms with Crippen LogP contribution in [0.3, 0.4) is 0 Å². The minimum Gasteiger partial charge on any atom is -0.462 e. The number of hydrogen-bond acceptors (Lipinski definition) is 6. The summed E-state index contributed by atoms with van der Waals surface area (Å²) in [4.78, 5) is 23.1. The molecule has 2 aromatic rings. The molecule has 2 N–H and O–H groups in total. The Kier molecular flexibility index (Phi) is 4.44. The summed E-state index contributed by atoms with van der Waals surface area (Å²) in [6, 6.07) is 5.86. The molecule has 0 unspecified atom stereocenters. The van der Waals surface area contributed by atoms with E-state index in [2.05, 4.69) is 0 Å². The van der Waals surface area contributed by atoms with Crippen LogP contribution in [-0.4, -0.2) is 17.5 Å². The number of nitro groups is 1. The fourth-order valence-corrected chi connectivity index (χ4v) is 2.93. The number of carbonyl (C=O) groups is 1. The van der Waals surface area contributed by atoms with E-state index in [0.717, 1.165) is 11.3 Å². The zero-order chi connectivity index (χ0) is 15.6. The second kappa shape index (κ2) is 6.11. The molecule has 1 heterocycles. The number of esters is 1. The lowest BCUT2D eigenvalue weighted by Gasteiger charge is -2.00. The van der Waals surface area contributed by atoms with Gasteiger partial charge in [-0.15, -0.1) is 11.3 Å². The maximum absolute atomic E-state index is 11.7. The highest BCUT2D eigenvalue weighted by Gasteiger charge is 2.21. The van der Waals surface area contributed by atoms with Crippen molar-refractivity contribution in [2.24, 2.45) is 0 Å². The minimum absolute atomic E-state index is 0.140. The van der Waals surface area contributed by atoms with Gasteiger partial charge in [-0.25, -0.2) is 4.79 Å². The molecule has 0 spiro atoms. The molecule has 1 aromatic carbocycles. The Bertz CT molecular complexity index is 714. The van der Waals surface area contributed by atoms with Crippen LogP contribution >= 0.6 is 22.9 Å². The Labute approximate surface area is 129 Å². The van der Waals surface area contributed by atoms with Crippen molar-refractivity contribution in [2.75, 3.05) is 12.3 Å². The summed E-state index contributed by atoms with van der Waals surface area (Å²) in [5.74, 6) is -0.539. The minimum atomic E-state index is -0.539. The second-order valence-electron chi connectivity index (χ2n) is 4.03. The smallest absolute Gasteiger partial charge is 0.350 e. The first kappa shape index (κ1) is 15.3. The van der Waals surface area contributed by atoms with E-state index in [1.807, 2.05) is 0 Å². The van der Waals surface area contributed by atoms with Gasteiger partial charge in [0, 0.05) is 16.0 Å². The first-order valence-electron chi connectivity index (χ1n) is 5.94. The van der Waals surface area contributed by atoms with Crippen LogP contribution in [0.15, 0.2) is 24.3 Å². The molecular formula is C13H11ClN2O4S. The van der Waals surface area contributed by atoms with Crippen LogP contribution in [0.25, 0.3) is 10.4 Å². The normalized spacial score (nSPS) is 10.4. The van der Waals surface area contributed by atoms with Gasteiger partial charge in [0.2, 0.25) is 0 Å². The summed E-state index contributed by atoms with van der Waals surface area (Å²) in [6.07, 6.45) is 0. The molecule has 8 heteroatoms. The molecule has 0 radical (unpaired) electrons. The fraction of sp³-hybridized carbons (Fsp3) is 0.154. The van der Waals surface area contributed by atoms with Gasteiger partial charge in [-0.3, -0.25) is 10.1 Å². The maximum atomic E-state index is 11.7. The third-order valence-electron chi connectivity index (χ3n) is 2.64. The highest BCUT2D eigenvalue weighted by atomic mass is 35.5. The van der Waals surface area contributed by atoms with Gasteiger partial charge < -0.3 is 10.5 Å². The molecule has 1 aromatic heterocycles. The van der Waals surface area contributed by atoms with Gasteiger partial charge >= 0.3 is 5.97 Å². The lowest BCUT2D eigenvalue weighted by atomic mass is 10.1. The Hall–Kier alpha value is -2.12. The third-order valence-corrected chi connectivity index (χ3v) is 4.04. The summed E-state index contributed by atoms with van der Waals surface area (Å²) >= 11 is 6.83. The van der Waals surface area contributed by atoms with Crippen LogP contribution in [0.4, 0.5) is 11.4 Å². The second-order valence-corrected chi connectivity index (χ2v) is 5.52. The van der Waals surface area contributed by atoms with Gasteiger partial charge in [-0.05, 0) is 25.1 Å². The Morgan fingerprint density at radius 3 is 2.81 bits per heavy atom. The van der Waals surface area contributed by atoms with E-state index in [4.69, 9.17) is 22.1 Å². The maximum Gasteiger partial charge on any atom is 0.350 e. The van der Waals surface area contributed by atoms with Crippen molar-refractivity contribution in [3.05, 3.63) is 44.3 Å². The van der Waals surface area contributed by atoms with Crippen molar-refractivity contribution in [2.45, 2.75) is 6.92 Å². The summed E-state index contributed by atoms with van der Waals surface area (Å²) < 4.78 is 4.89. The topological polar surface area (TPSA) is 95.5 Å². The predicted molar refractivity (Wildman–Crippen MR) is 81.8 cm³/mol. The molecule has 0 atom stereocenters. The first-order chi connectivity index (χ1) is 9.93. The van der Waals surface area contributed by atoms with E-state index in [1.54, 1.807) is 13.0 Å². The van der Waals surface area contributed by atoms with E-state index in [-0.39, 0.29) is 27.9 Å². The van der Waals surface area contributed by atoms with Gasteiger partial charge in [0.05, 0.1) is 22.8 Å². The molecule has 0 aliphatic heterocycles. The number of nitrogens with zero attached hydrogens (tertiary/aromatic N) is 1. The van der Waals surface area contributed by atoms with Crippen LogP contribution < -0.4 is 5.73 Å². The predicted octanol–water partition coefficient (Wildman–Crippen LogP) is 3.74. The van der Waals surface area contributed by atoms with Crippen molar-refractivity contribution in [3.63, 3.8) is 0 Å². The zero-order valence-electron chi connectivity index (χ0n) is 11.0. The number of benzene rings is 1. The molecule has 0 saturated heterocycles. The SMILES string of the molecule is CCOC(=O)c1sc(-c2ccc(Cl)cc2[N+](=O)[O-])cc1N. The Morgan fingerprint density at radius 1 is 1.48 bits per heavy atom. The number of carbonyl (C=O) groups excluding carboxylic acids is 1. The van der Waals surface area contributed by atoms with Gasteiger partial charge in [0.15, 0.2) is 0 Å².